The number of aliphatic hydroxyl groups is 1. The minimum absolute atomic E-state index is 0.0320. The Balaban J connectivity index is 1.59. The fourth-order valence-corrected chi connectivity index (χ4v) is 6.98. The van der Waals surface area contributed by atoms with Gasteiger partial charge in [0.2, 0.25) is 0 Å². The summed E-state index contributed by atoms with van der Waals surface area (Å²) in [5.74, 6) is -2.65. The van der Waals surface area contributed by atoms with Gasteiger partial charge in [-0.05, 0) is 93.2 Å². The molecule has 4 unspecified atom stereocenters. The van der Waals surface area contributed by atoms with Gasteiger partial charge in [-0.1, -0.05) is 23.8 Å². The van der Waals surface area contributed by atoms with Crippen LogP contribution in [-0.4, -0.2) is 69.0 Å². The number of carbonyl (C=O) groups is 3. The third-order valence-electron chi connectivity index (χ3n) is 10.00. The smallest absolute Gasteiger partial charge is 0.330 e. The van der Waals surface area contributed by atoms with Crippen LogP contribution < -0.4 is 9.47 Å². The topological polar surface area (TPSA) is 152 Å². The SMILES string of the molecule is CC(C)=CCC[C@]1(C)C=Cc2c(O)c3c(c(C(O)C4OC4(C)C)c2O1)OC1C(=CC(C=O)C[C@@H]1C(C)(C)OCC/C=C(/C)C(=O)O)C3=O. The van der Waals surface area contributed by atoms with Crippen LogP contribution in [0.1, 0.15) is 109 Å². The van der Waals surface area contributed by atoms with Gasteiger partial charge in [0.05, 0.1) is 28.9 Å². The number of ether oxygens (including phenoxy) is 4. The van der Waals surface area contributed by atoms with Gasteiger partial charge in [-0.25, -0.2) is 4.79 Å². The van der Waals surface area contributed by atoms with E-state index in [-0.39, 0.29) is 51.7 Å². The van der Waals surface area contributed by atoms with Gasteiger partial charge in [-0.3, -0.25) is 4.79 Å². The van der Waals surface area contributed by atoms with E-state index in [1.54, 1.807) is 18.2 Å². The first-order valence-electron chi connectivity index (χ1n) is 16.6. The summed E-state index contributed by atoms with van der Waals surface area (Å²) in [5.41, 5.74) is -0.287. The molecule has 1 saturated heterocycles. The number of rotatable bonds is 12. The van der Waals surface area contributed by atoms with Gasteiger partial charge in [0.25, 0.3) is 0 Å². The zero-order valence-electron chi connectivity index (χ0n) is 29.1. The molecule has 4 aliphatic rings. The number of carboxylic acids is 1. The van der Waals surface area contributed by atoms with Crippen LogP contribution in [0.5, 0.6) is 17.2 Å². The molecule has 10 heteroatoms. The van der Waals surface area contributed by atoms with Crippen molar-refractivity contribution in [1.29, 1.82) is 0 Å². The molecule has 3 aliphatic heterocycles. The van der Waals surface area contributed by atoms with Crippen LogP contribution in [0.15, 0.2) is 41.0 Å². The molecule has 10 nitrogen and oxygen atoms in total. The first-order valence-corrected chi connectivity index (χ1v) is 16.6. The Labute approximate surface area is 282 Å². The average molecular weight is 665 g/mol. The molecule has 0 saturated carbocycles. The van der Waals surface area contributed by atoms with Crippen molar-refractivity contribution in [2.24, 2.45) is 11.8 Å². The van der Waals surface area contributed by atoms with Crippen molar-refractivity contribution < 1.29 is 48.7 Å². The van der Waals surface area contributed by atoms with Crippen molar-refractivity contribution in [3.8, 4) is 17.2 Å². The van der Waals surface area contributed by atoms with Crippen molar-refractivity contribution in [1.82, 2.24) is 0 Å². The Morgan fingerprint density at radius 1 is 1.15 bits per heavy atom. The van der Waals surface area contributed by atoms with Crippen LogP contribution >= 0.6 is 0 Å². The number of aliphatic hydroxyl groups excluding tert-OH is 1. The van der Waals surface area contributed by atoms with Crippen molar-refractivity contribution >= 4 is 24.1 Å². The van der Waals surface area contributed by atoms with Crippen LogP contribution in [0, 0.1) is 11.8 Å². The molecule has 0 aromatic heterocycles. The highest BCUT2D eigenvalue weighted by Crippen LogP contribution is 2.57. The lowest BCUT2D eigenvalue weighted by Gasteiger charge is -2.45. The zero-order chi connectivity index (χ0) is 35.3. The lowest BCUT2D eigenvalue weighted by Crippen LogP contribution is -2.51. The quantitative estimate of drug-likeness (QED) is 0.0749. The van der Waals surface area contributed by atoms with Crippen molar-refractivity contribution in [2.75, 3.05) is 6.61 Å². The molecule has 1 aromatic rings. The first kappa shape index (κ1) is 35.6. The molecular formula is C38H48O10. The van der Waals surface area contributed by atoms with Crippen molar-refractivity contribution in [2.45, 2.75) is 116 Å². The molecule has 1 aliphatic carbocycles. The predicted octanol–water partition coefficient (Wildman–Crippen LogP) is 6.44. The van der Waals surface area contributed by atoms with Crippen molar-refractivity contribution in [3.05, 3.63) is 57.7 Å². The molecule has 3 heterocycles. The molecule has 260 valence electrons. The molecule has 0 radical (unpaired) electrons. The summed E-state index contributed by atoms with van der Waals surface area (Å²) in [6.07, 6.45) is 9.02. The van der Waals surface area contributed by atoms with Gasteiger partial charge in [0.1, 0.15) is 53.0 Å². The number of phenolic OH excluding ortho intramolecular Hbond substituents is 1. The Bertz CT molecular complexity index is 1620. The standard InChI is InChI=1S/C38H48O10/c1-20(2)11-9-14-38(8)15-13-23-28(40)26-29(41)24-17-22(19-39)18-25(36(4,5)45-16-10-12-21(3)35(43)44)31(24)46-33(26)27(32(23)47-38)30(42)34-37(6,7)48-34/h11-13,15,17,19,22,25,30-31,34,40,42H,9-10,14,16,18H2,1-8H3,(H,43,44)/b21-12-/t22?,25-,30?,31?,34?,38+/m0/s1. The highest BCUT2D eigenvalue weighted by atomic mass is 16.6. The van der Waals surface area contributed by atoms with E-state index >= 15 is 0 Å². The summed E-state index contributed by atoms with van der Waals surface area (Å²) in [6.45, 7) is 15.1. The zero-order valence-corrected chi connectivity index (χ0v) is 29.1. The van der Waals surface area contributed by atoms with E-state index in [0.29, 0.717) is 19.3 Å². The van der Waals surface area contributed by atoms with Crippen LogP contribution in [0.2, 0.25) is 0 Å². The van der Waals surface area contributed by atoms with Gasteiger partial charge in [0, 0.05) is 23.0 Å². The molecule has 1 aromatic carbocycles. The summed E-state index contributed by atoms with van der Waals surface area (Å²) in [5, 5.41) is 32.8. The summed E-state index contributed by atoms with van der Waals surface area (Å²) in [6, 6.07) is 0. The number of Topliss-reactive ketones (excluding diaryl/α,β-unsaturated/α-hetero) is 1. The lowest BCUT2D eigenvalue weighted by molar-refractivity contribution is -0.132. The monoisotopic (exact) mass is 664 g/mol. The number of benzene rings is 1. The van der Waals surface area contributed by atoms with E-state index in [1.807, 2.05) is 54.5 Å². The number of carboxylic acid groups (broad SMARTS) is 1. The van der Waals surface area contributed by atoms with Crippen LogP contribution in [-0.2, 0) is 19.1 Å². The highest BCUT2D eigenvalue weighted by Gasteiger charge is 2.56. The third-order valence-corrected chi connectivity index (χ3v) is 10.00. The molecule has 48 heavy (non-hydrogen) atoms. The molecular weight excluding hydrogens is 616 g/mol. The molecule has 0 amide bonds. The number of aldehydes is 1. The number of aromatic hydroxyl groups is 1. The van der Waals surface area contributed by atoms with Crippen LogP contribution in [0.4, 0.5) is 0 Å². The minimum atomic E-state index is -1.24. The summed E-state index contributed by atoms with van der Waals surface area (Å²) < 4.78 is 25.5. The second-order valence-corrected chi connectivity index (χ2v) is 14.9. The molecule has 0 spiro atoms. The Kier molecular flexibility index (Phi) is 9.60. The second-order valence-electron chi connectivity index (χ2n) is 14.9. The van der Waals surface area contributed by atoms with E-state index in [0.717, 1.165) is 12.7 Å². The fraction of sp³-hybridized carbons (Fsp3) is 0.553. The third kappa shape index (κ3) is 6.75. The number of hydrogen-bond donors (Lipinski definition) is 3. The number of aliphatic carboxylic acids is 1. The van der Waals surface area contributed by atoms with Gasteiger partial charge in [-0.15, -0.1) is 0 Å². The summed E-state index contributed by atoms with van der Waals surface area (Å²) in [7, 11) is 0. The van der Waals surface area contributed by atoms with Gasteiger partial charge < -0.3 is 39.1 Å². The maximum Gasteiger partial charge on any atom is 0.330 e. The van der Waals surface area contributed by atoms with Gasteiger partial charge in [0.15, 0.2) is 5.78 Å². The second kappa shape index (κ2) is 12.9. The van der Waals surface area contributed by atoms with Gasteiger partial charge >= 0.3 is 5.97 Å². The molecule has 0 bridgehead atoms. The van der Waals surface area contributed by atoms with Crippen LogP contribution in [0.3, 0.4) is 0 Å². The van der Waals surface area contributed by atoms with E-state index < -0.39 is 58.7 Å². The lowest BCUT2D eigenvalue weighted by atomic mass is 9.70. The van der Waals surface area contributed by atoms with E-state index in [9.17, 15) is 29.7 Å². The highest BCUT2D eigenvalue weighted by molar-refractivity contribution is 6.15. The summed E-state index contributed by atoms with van der Waals surface area (Å²) in [4.78, 5) is 37.8. The maximum absolute atomic E-state index is 14.4. The number of fused-ring (bicyclic) bond motifs is 3. The Hall–Kier alpha value is -3.73. The van der Waals surface area contributed by atoms with E-state index in [1.165, 1.54) is 12.5 Å². The normalized spacial score (nSPS) is 27.7. The number of carbonyl (C=O) groups excluding carboxylic acids is 2. The van der Waals surface area contributed by atoms with E-state index in [2.05, 4.69) is 6.08 Å². The van der Waals surface area contributed by atoms with E-state index in [4.69, 9.17) is 18.9 Å². The first-order chi connectivity index (χ1) is 22.4. The number of ketones is 1. The minimum Gasteiger partial charge on any atom is -0.506 e. The maximum atomic E-state index is 14.4. The largest absolute Gasteiger partial charge is 0.506 e. The number of epoxide rings is 1. The molecule has 5 rings (SSSR count). The summed E-state index contributed by atoms with van der Waals surface area (Å²) >= 11 is 0. The number of allylic oxidation sites excluding steroid dienone is 3. The molecule has 3 N–H and O–H groups in total. The molecule has 1 fully saturated rings. The number of phenols is 1. The van der Waals surface area contributed by atoms with Gasteiger partial charge in [-0.2, -0.15) is 0 Å². The molecule has 6 atom stereocenters. The van der Waals surface area contributed by atoms with Crippen LogP contribution in [0.25, 0.3) is 6.08 Å². The number of hydrogen-bond acceptors (Lipinski definition) is 9. The predicted molar refractivity (Wildman–Crippen MR) is 179 cm³/mol. The average Bonchev–Trinajstić information content (AvgIpc) is 3.65. The fourth-order valence-electron chi connectivity index (χ4n) is 6.98. The Morgan fingerprint density at radius 2 is 1.83 bits per heavy atom. The Morgan fingerprint density at radius 3 is 2.44 bits per heavy atom. The van der Waals surface area contributed by atoms with Crippen molar-refractivity contribution in [3.63, 3.8) is 0 Å².